The minimum absolute atomic E-state index is 0.655. The SMILES string of the molecule is CC(C)CNC1CCc2[nH]ncc2C1. The summed E-state index contributed by atoms with van der Waals surface area (Å²) in [6.07, 6.45) is 5.49. The first-order valence-electron chi connectivity index (χ1n) is 5.50. The van der Waals surface area contributed by atoms with Crippen molar-refractivity contribution in [2.24, 2.45) is 5.92 Å². The van der Waals surface area contributed by atoms with Gasteiger partial charge in [-0.05, 0) is 37.3 Å². The van der Waals surface area contributed by atoms with E-state index >= 15 is 0 Å². The molecule has 14 heavy (non-hydrogen) atoms. The van der Waals surface area contributed by atoms with Crippen molar-refractivity contribution in [2.75, 3.05) is 6.54 Å². The average molecular weight is 193 g/mol. The molecule has 1 aromatic rings. The Balaban J connectivity index is 1.88. The van der Waals surface area contributed by atoms with Gasteiger partial charge in [0.05, 0.1) is 6.20 Å². The number of hydrogen-bond donors (Lipinski definition) is 2. The summed E-state index contributed by atoms with van der Waals surface area (Å²) in [7, 11) is 0. The largest absolute Gasteiger partial charge is 0.313 e. The Morgan fingerprint density at radius 2 is 2.50 bits per heavy atom. The number of aromatic nitrogens is 2. The normalized spacial score (nSPS) is 21.2. The van der Waals surface area contributed by atoms with Gasteiger partial charge >= 0.3 is 0 Å². The van der Waals surface area contributed by atoms with Crippen LogP contribution in [0.15, 0.2) is 6.20 Å². The van der Waals surface area contributed by atoms with Crippen molar-refractivity contribution >= 4 is 0 Å². The summed E-state index contributed by atoms with van der Waals surface area (Å²) in [5.41, 5.74) is 2.74. The Morgan fingerprint density at radius 3 is 3.29 bits per heavy atom. The van der Waals surface area contributed by atoms with Crippen LogP contribution in [0.25, 0.3) is 0 Å². The quantitative estimate of drug-likeness (QED) is 0.764. The Kier molecular flexibility index (Phi) is 2.87. The number of nitrogens with one attached hydrogen (secondary N) is 2. The zero-order chi connectivity index (χ0) is 9.97. The van der Waals surface area contributed by atoms with Gasteiger partial charge in [-0.3, -0.25) is 5.10 Å². The molecule has 0 spiro atoms. The van der Waals surface area contributed by atoms with Crippen molar-refractivity contribution in [3.05, 3.63) is 17.5 Å². The van der Waals surface area contributed by atoms with E-state index in [1.165, 1.54) is 17.7 Å². The first-order valence-corrected chi connectivity index (χ1v) is 5.50. The lowest BCUT2D eigenvalue weighted by Crippen LogP contribution is -2.36. The van der Waals surface area contributed by atoms with Crippen LogP contribution in [0.1, 0.15) is 31.5 Å². The molecular formula is C11H19N3. The van der Waals surface area contributed by atoms with Gasteiger partial charge in [-0.25, -0.2) is 0 Å². The predicted octanol–water partition coefficient (Wildman–Crippen LogP) is 1.51. The summed E-state index contributed by atoms with van der Waals surface area (Å²) in [6.45, 7) is 5.62. The van der Waals surface area contributed by atoms with Crippen LogP contribution in [-0.4, -0.2) is 22.8 Å². The molecule has 0 fully saturated rings. The summed E-state index contributed by atoms with van der Waals surface area (Å²) in [4.78, 5) is 0. The number of H-pyrrole nitrogens is 1. The third kappa shape index (κ3) is 2.15. The van der Waals surface area contributed by atoms with Crippen LogP contribution in [0.2, 0.25) is 0 Å². The Bertz CT molecular complexity index is 290. The van der Waals surface area contributed by atoms with Crippen LogP contribution in [0.3, 0.4) is 0 Å². The maximum atomic E-state index is 4.08. The van der Waals surface area contributed by atoms with E-state index in [-0.39, 0.29) is 0 Å². The smallest absolute Gasteiger partial charge is 0.0522 e. The first-order chi connectivity index (χ1) is 6.75. The topological polar surface area (TPSA) is 40.7 Å². The van der Waals surface area contributed by atoms with Gasteiger partial charge in [-0.2, -0.15) is 5.10 Å². The fourth-order valence-corrected chi connectivity index (χ4v) is 1.99. The number of hydrogen-bond acceptors (Lipinski definition) is 2. The minimum Gasteiger partial charge on any atom is -0.313 e. The highest BCUT2D eigenvalue weighted by Gasteiger charge is 2.19. The first kappa shape index (κ1) is 9.71. The van der Waals surface area contributed by atoms with E-state index in [1.807, 2.05) is 6.20 Å². The van der Waals surface area contributed by atoms with Gasteiger partial charge in [-0.1, -0.05) is 13.8 Å². The van der Waals surface area contributed by atoms with Crippen LogP contribution < -0.4 is 5.32 Å². The molecule has 1 unspecified atom stereocenters. The van der Waals surface area contributed by atoms with Crippen LogP contribution in [-0.2, 0) is 12.8 Å². The van der Waals surface area contributed by atoms with Crippen molar-refractivity contribution in [2.45, 2.75) is 39.2 Å². The van der Waals surface area contributed by atoms with Gasteiger partial charge in [0, 0.05) is 11.7 Å². The van der Waals surface area contributed by atoms with Crippen molar-refractivity contribution in [3.8, 4) is 0 Å². The van der Waals surface area contributed by atoms with E-state index in [9.17, 15) is 0 Å². The summed E-state index contributed by atoms with van der Waals surface area (Å²) >= 11 is 0. The zero-order valence-electron chi connectivity index (χ0n) is 9.01. The second kappa shape index (κ2) is 4.13. The molecule has 78 valence electrons. The molecule has 3 heteroatoms. The summed E-state index contributed by atoms with van der Waals surface area (Å²) in [6, 6.07) is 0.655. The Labute approximate surface area is 85.3 Å². The lowest BCUT2D eigenvalue weighted by atomic mass is 9.93. The summed E-state index contributed by atoms with van der Waals surface area (Å²) < 4.78 is 0. The van der Waals surface area contributed by atoms with Gasteiger partial charge in [-0.15, -0.1) is 0 Å². The highest BCUT2D eigenvalue weighted by molar-refractivity contribution is 5.20. The number of aryl methyl sites for hydroxylation is 1. The molecule has 2 N–H and O–H groups in total. The van der Waals surface area contributed by atoms with Gasteiger partial charge < -0.3 is 5.32 Å². The number of nitrogens with zero attached hydrogens (tertiary/aromatic N) is 1. The molecule has 0 saturated carbocycles. The molecule has 1 aromatic heterocycles. The second-order valence-corrected chi connectivity index (χ2v) is 4.62. The van der Waals surface area contributed by atoms with Crippen LogP contribution >= 0.6 is 0 Å². The van der Waals surface area contributed by atoms with E-state index in [0.29, 0.717) is 6.04 Å². The predicted molar refractivity (Wildman–Crippen MR) is 57.2 cm³/mol. The molecule has 1 aliphatic rings. The highest BCUT2D eigenvalue weighted by Crippen LogP contribution is 2.18. The fraction of sp³-hybridized carbons (Fsp3) is 0.727. The molecule has 0 bridgehead atoms. The van der Waals surface area contributed by atoms with Gasteiger partial charge in [0.2, 0.25) is 0 Å². The van der Waals surface area contributed by atoms with Gasteiger partial charge in [0.15, 0.2) is 0 Å². The molecule has 1 aliphatic carbocycles. The average Bonchev–Trinajstić information content (AvgIpc) is 2.61. The number of aromatic amines is 1. The molecular weight excluding hydrogens is 174 g/mol. The highest BCUT2D eigenvalue weighted by atomic mass is 15.1. The van der Waals surface area contributed by atoms with E-state index < -0.39 is 0 Å². The molecule has 1 atom stereocenters. The van der Waals surface area contributed by atoms with Crippen molar-refractivity contribution in [1.29, 1.82) is 0 Å². The molecule has 0 radical (unpaired) electrons. The molecule has 1 heterocycles. The standard InChI is InChI=1S/C11H19N3/c1-8(2)6-12-10-3-4-11-9(5-10)7-13-14-11/h7-8,10,12H,3-6H2,1-2H3,(H,13,14). The van der Waals surface area contributed by atoms with Crippen LogP contribution in [0.5, 0.6) is 0 Å². The van der Waals surface area contributed by atoms with Crippen LogP contribution in [0, 0.1) is 5.92 Å². The number of fused-ring (bicyclic) bond motifs is 1. The Hall–Kier alpha value is -0.830. The van der Waals surface area contributed by atoms with Gasteiger partial charge in [0.1, 0.15) is 0 Å². The molecule has 0 aromatic carbocycles. The minimum atomic E-state index is 0.655. The van der Waals surface area contributed by atoms with Crippen LogP contribution in [0.4, 0.5) is 0 Å². The van der Waals surface area contributed by atoms with E-state index in [1.54, 1.807) is 0 Å². The lowest BCUT2D eigenvalue weighted by molar-refractivity contribution is 0.424. The third-order valence-corrected chi connectivity index (χ3v) is 2.83. The molecule has 3 nitrogen and oxygen atoms in total. The maximum Gasteiger partial charge on any atom is 0.0522 e. The zero-order valence-corrected chi connectivity index (χ0v) is 9.01. The summed E-state index contributed by atoms with van der Waals surface area (Å²) in [5, 5.41) is 10.8. The van der Waals surface area contributed by atoms with E-state index in [4.69, 9.17) is 0 Å². The molecule has 0 aliphatic heterocycles. The van der Waals surface area contributed by atoms with Crippen molar-refractivity contribution in [1.82, 2.24) is 15.5 Å². The third-order valence-electron chi connectivity index (χ3n) is 2.83. The fourth-order valence-electron chi connectivity index (χ4n) is 1.99. The summed E-state index contributed by atoms with van der Waals surface area (Å²) in [5.74, 6) is 0.737. The van der Waals surface area contributed by atoms with Gasteiger partial charge in [0.25, 0.3) is 0 Å². The lowest BCUT2D eigenvalue weighted by Gasteiger charge is -2.23. The van der Waals surface area contributed by atoms with E-state index in [2.05, 4.69) is 29.4 Å². The van der Waals surface area contributed by atoms with Crippen molar-refractivity contribution in [3.63, 3.8) is 0 Å². The second-order valence-electron chi connectivity index (χ2n) is 4.62. The monoisotopic (exact) mass is 193 g/mol. The molecule has 2 rings (SSSR count). The molecule has 0 amide bonds. The molecule has 0 saturated heterocycles. The van der Waals surface area contributed by atoms with Crippen molar-refractivity contribution < 1.29 is 0 Å². The maximum absolute atomic E-state index is 4.08. The van der Waals surface area contributed by atoms with E-state index in [0.717, 1.165) is 25.3 Å². The number of rotatable bonds is 3. The Morgan fingerprint density at radius 1 is 1.64 bits per heavy atom.